The summed E-state index contributed by atoms with van der Waals surface area (Å²) in [6.07, 6.45) is 4.61. The molecule has 23 heavy (non-hydrogen) atoms. The lowest BCUT2D eigenvalue weighted by atomic mass is 10.1. The number of nitrogens with zero attached hydrogens (tertiary/aromatic N) is 3. The van der Waals surface area contributed by atoms with Gasteiger partial charge in [0.15, 0.2) is 5.82 Å². The van der Waals surface area contributed by atoms with E-state index < -0.39 is 5.82 Å². The van der Waals surface area contributed by atoms with E-state index in [1.807, 2.05) is 36.4 Å². The van der Waals surface area contributed by atoms with Gasteiger partial charge >= 0.3 is 0 Å². The quantitative estimate of drug-likeness (QED) is 0.469. The number of aromatic nitrogens is 3. The highest BCUT2D eigenvalue weighted by Gasteiger charge is 2.14. The Hall–Kier alpha value is -2.37. The van der Waals surface area contributed by atoms with E-state index >= 15 is 0 Å². The van der Waals surface area contributed by atoms with E-state index in [2.05, 4.69) is 15.0 Å². The number of hydrogen-bond acceptors (Lipinski definition) is 4. The average molecular weight is 342 g/mol. The first-order valence-corrected chi connectivity index (χ1v) is 8.03. The van der Waals surface area contributed by atoms with Crippen LogP contribution in [-0.4, -0.2) is 15.0 Å². The fourth-order valence-corrected chi connectivity index (χ4v) is 3.78. The molecule has 0 aliphatic carbocycles. The maximum Gasteiger partial charge on any atom is 0.223 e. The summed E-state index contributed by atoms with van der Waals surface area (Å²) in [5, 5.41) is 1.07. The van der Waals surface area contributed by atoms with Crippen LogP contribution in [0.4, 0.5) is 4.39 Å². The van der Waals surface area contributed by atoms with Crippen LogP contribution in [0, 0.1) is 5.82 Å². The maximum absolute atomic E-state index is 14.0. The molecule has 0 spiro atoms. The largest absolute Gasteiger partial charge is 0.265 e. The number of fused-ring (bicyclic) bond motifs is 1. The molecule has 112 valence electrons. The second kappa shape index (κ2) is 5.68. The van der Waals surface area contributed by atoms with Crippen molar-refractivity contribution in [1.29, 1.82) is 0 Å². The average Bonchev–Trinajstić information content (AvgIpc) is 3.01. The van der Waals surface area contributed by atoms with Crippen LogP contribution in [0.25, 0.3) is 31.8 Å². The number of thiophene rings is 1. The van der Waals surface area contributed by atoms with E-state index in [1.165, 1.54) is 11.3 Å². The first kappa shape index (κ1) is 14.2. The summed E-state index contributed by atoms with van der Waals surface area (Å²) in [6, 6.07) is 11.9. The van der Waals surface area contributed by atoms with Crippen molar-refractivity contribution >= 4 is 33.0 Å². The molecule has 1 aromatic carbocycles. The molecule has 0 aliphatic rings. The van der Waals surface area contributed by atoms with Crippen molar-refractivity contribution in [3.05, 3.63) is 66.1 Å². The van der Waals surface area contributed by atoms with Gasteiger partial charge in [0.1, 0.15) is 5.69 Å². The molecule has 0 fully saturated rings. The van der Waals surface area contributed by atoms with Crippen LogP contribution in [0.1, 0.15) is 0 Å². The number of halogens is 2. The predicted molar refractivity (Wildman–Crippen MR) is 91.1 cm³/mol. The van der Waals surface area contributed by atoms with Crippen LogP contribution >= 0.6 is 22.9 Å². The first-order chi connectivity index (χ1) is 11.2. The summed E-state index contributed by atoms with van der Waals surface area (Å²) >= 11 is 7.29. The van der Waals surface area contributed by atoms with Crippen molar-refractivity contribution in [2.75, 3.05) is 0 Å². The van der Waals surface area contributed by atoms with Crippen molar-refractivity contribution < 1.29 is 4.39 Å². The molecular formula is C17H9ClFN3S. The Balaban J connectivity index is 1.94. The van der Waals surface area contributed by atoms with E-state index in [9.17, 15) is 4.39 Å². The molecule has 0 saturated carbocycles. The van der Waals surface area contributed by atoms with Crippen LogP contribution in [0.15, 0.2) is 55.0 Å². The molecule has 4 rings (SSSR count). The van der Waals surface area contributed by atoms with Gasteiger partial charge in [-0.05, 0) is 46.3 Å². The van der Waals surface area contributed by atoms with Crippen molar-refractivity contribution in [1.82, 2.24) is 15.0 Å². The van der Waals surface area contributed by atoms with Crippen molar-refractivity contribution in [3.63, 3.8) is 0 Å². The lowest BCUT2D eigenvalue weighted by Gasteiger charge is -2.02. The predicted octanol–water partition coefficient (Wildman–Crippen LogP) is 5.21. The van der Waals surface area contributed by atoms with Gasteiger partial charge in [0.25, 0.3) is 0 Å². The maximum atomic E-state index is 14.0. The number of pyridine rings is 1. The zero-order valence-electron chi connectivity index (χ0n) is 11.7. The molecule has 4 aromatic rings. The minimum atomic E-state index is -0.480. The van der Waals surface area contributed by atoms with Crippen molar-refractivity contribution in [3.8, 4) is 21.7 Å². The minimum Gasteiger partial charge on any atom is -0.265 e. The third-order valence-corrected chi connectivity index (χ3v) is 4.86. The lowest BCUT2D eigenvalue weighted by Crippen LogP contribution is -1.90. The summed E-state index contributed by atoms with van der Waals surface area (Å²) in [5.41, 5.74) is 2.38. The van der Waals surface area contributed by atoms with E-state index in [1.54, 1.807) is 12.4 Å². The highest BCUT2D eigenvalue weighted by molar-refractivity contribution is 7.22. The lowest BCUT2D eigenvalue weighted by molar-refractivity contribution is 0.618. The molecule has 0 amide bonds. The SMILES string of the molecule is Fc1cnc(Cl)nc1-c1cc2cccc(-c3ccncc3)c2s1. The summed E-state index contributed by atoms with van der Waals surface area (Å²) in [5.74, 6) is -0.480. The molecule has 0 bridgehead atoms. The fourth-order valence-electron chi connectivity index (χ4n) is 2.46. The molecule has 0 aliphatic heterocycles. The molecule has 3 heterocycles. The first-order valence-electron chi connectivity index (χ1n) is 6.84. The Morgan fingerprint density at radius 1 is 1.09 bits per heavy atom. The van der Waals surface area contributed by atoms with Gasteiger partial charge in [-0.1, -0.05) is 18.2 Å². The second-order valence-corrected chi connectivity index (χ2v) is 6.30. The summed E-state index contributed by atoms with van der Waals surface area (Å²) in [6.45, 7) is 0. The zero-order valence-corrected chi connectivity index (χ0v) is 13.3. The number of benzene rings is 1. The summed E-state index contributed by atoms with van der Waals surface area (Å²) in [4.78, 5) is 12.5. The van der Waals surface area contributed by atoms with Gasteiger partial charge in [-0.25, -0.2) is 14.4 Å². The summed E-state index contributed by atoms with van der Waals surface area (Å²) < 4.78 is 15.1. The zero-order chi connectivity index (χ0) is 15.8. The Labute approximate surface area is 140 Å². The van der Waals surface area contributed by atoms with Crippen molar-refractivity contribution in [2.45, 2.75) is 0 Å². The Morgan fingerprint density at radius 2 is 1.91 bits per heavy atom. The van der Waals surface area contributed by atoms with Crippen LogP contribution < -0.4 is 0 Å². The molecule has 0 unspecified atom stereocenters. The van der Waals surface area contributed by atoms with E-state index in [0.717, 1.165) is 32.3 Å². The third kappa shape index (κ3) is 2.58. The fraction of sp³-hybridized carbons (Fsp3) is 0. The highest BCUT2D eigenvalue weighted by atomic mass is 35.5. The summed E-state index contributed by atoms with van der Waals surface area (Å²) in [7, 11) is 0. The number of hydrogen-bond donors (Lipinski definition) is 0. The van der Waals surface area contributed by atoms with Gasteiger partial charge in [0, 0.05) is 17.1 Å². The van der Waals surface area contributed by atoms with E-state index in [4.69, 9.17) is 11.6 Å². The third-order valence-electron chi connectivity index (χ3n) is 3.48. The Bertz CT molecular complexity index is 1000. The molecule has 3 nitrogen and oxygen atoms in total. The standard InChI is InChI=1S/C17H9ClFN3S/c18-17-21-9-13(19)15(22-17)14-8-11-2-1-3-12(16(11)23-14)10-4-6-20-7-5-10/h1-9H. The molecular weight excluding hydrogens is 333 g/mol. The van der Waals surface area contributed by atoms with Gasteiger partial charge < -0.3 is 0 Å². The monoisotopic (exact) mass is 341 g/mol. The van der Waals surface area contributed by atoms with Gasteiger partial charge in [0.2, 0.25) is 5.28 Å². The van der Waals surface area contributed by atoms with Crippen molar-refractivity contribution in [2.24, 2.45) is 0 Å². The smallest absolute Gasteiger partial charge is 0.223 e. The molecule has 0 atom stereocenters. The van der Waals surface area contributed by atoms with Crippen LogP contribution in [0.2, 0.25) is 5.28 Å². The normalized spacial score (nSPS) is 11.0. The Kier molecular flexibility index (Phi) is 3.52. The van der Waals surface area contributed by atoms with Gasteiger partial charge in [-0.2, -0.15) is 0 Å². The molecule has 0 saturated heterocycles. The van der Waals surface area contributed by atoms with E-state index in [-0.39, 0.29) is 11.0 Å². The molecule has 3 aromatic heterocycles. The van der Waals surface area contributed by atoms with Gasteiger partial charge in [0.05, 0.1) is 11.1 Å². The minimum absolute atomic E-state index is 0.0354. The topological polar surface area (TPSA) is 38.7 Å². The van der Waals surface area contributed by atoms with Crippen LogP contribution in [0.5, 0.6) is 0 Å². The van der Waals surface area contributed by atoms with Gasteiger partial charge in [-0.15, -0.1) is 11.3 Å². The second-order valence-electron chi connectivity index (χ2n) is 4.91. The van der Waals surface area contributed by atoms with Crippen LogP contribution in [0.3, 0.4) is 0 Å². The van der Waals surface area contributed by atoms with Gasteiger partial charge in [-0.3, -0.25) is 4.98 Å². The molecule has 6 heteroatoms. The molecule has 0 radical (unpaired) electrons. The molecule has 0 N–H and O–H groups in total. The highest BCUT2D eigenvalue weighted by Crippen LogP contribution is 2.39. The Morgan fingerprint density at radius 3 is 2.74 bits per heavy atom. The van der Waals surface area contributed by atoms with Crippen LogP contribution in [-0.2, 0) is 0 Å². The van der Waals surface area contributed by atoms with E-state index in [0.29, 0.717) is 0 Å². The number of rotatable bonds is 2.